The highest BCUT2D eigenvalue weighted by molar-refractivity contribution is 6.74. The summed E-state index contributed by atoms with van der Waals surface area (Å²) in [4.78, 5) is 0. The smallest absolute Gasteiger partial charge is 0.250 e. The largest absolute Gasteiger partial charge is 0.543 e. The average molecular weight is 559 g/mol. The Labute approximate surface area is 243 Å². The zero-order chi connectivity index (χ0) is 29.3. The van der Waals surface area contributed by atoms with Crippen molar-refractivity contribution < 1.29 is 13.9 Å². The van der Waals surface area contributed by atoms with E-state index < -0.39 is 8.32 Å². The molecule has 0 saturated carbocycles. The molecule has 1 fully saturated rings. The summed E-state index contributed by atoms with van der Waals surface area (Å²) in [7, 11) is -1.95. The number of hydrogen-bond acceptors (Lipinski definition) is 3. The fourth-order valence-electron chi connectivity index (χ4n) is 6.21. The van der Waals surface area contributed by atoms with E-state index in [2.05, 4.69) is 89.3 Å². The summed E-state index contributed by atoms with van der Waals surface area (Å²) in [6.45, 7) is 30.1. The lowest BCUT2D eigenvalue weighted by Gasteiger charge is -2.39. The van der Waals surface area contributed by atoms with Crippen molar-refractivity contribution in [2.45, 2.75) is 170 Å². The summed E-state index contributed by atoms with van der Waals surface area (Å²) in [6.07, 6.45) is 12.1. The highest BCUT2D eigenvalue weighted by atomic mass is 28.4. The molecule has 1 aromatic rings. The first-order valence-corrected chi connectivity index (χ1v) is 19.1. The van der Waals surface area contributed by atoms with Gasteiger partial charge in [-0.25, -0.2) is 0 Å². The van der Waals surface area contributed by atoms with Gasteiger partial charge in [-0.1, -0.05) is 93.4 Å². The van der Waals surface area contributed by atoms with Crippen molar-refractivity contribution in [3.8, 4) is 11.5 Å². The second kappa shape index (κ2) is 12.5. The zero-order valence-electron chi connectivity index (χ0n) is 28.0. The maximum atomic E-state index is 6.90. The van der Waals surface area contributed by atoms with Crippen LogP contribution in [0.15, 0.2) is 0 Å². The van der Waals surface area contributed by atoms with Crippen LogP contribution < -0.4 is 9.16 Å². The molecule has 0 amide bonds. The molecule has 5 atom stereocenters. The molecule has 2 aliphatic rings. The maximum absolute atomic E-state index is 6.90. The van der Waals surface area contributed by atoms with E-state index in [4.69, 9.17) is 13.9 Å². The molecule has 0 aromatic heterocycles. The summed E-state index contributed by atoms with van der Waals surface area (Å²) < 4.78 is 20.2. The summed E-state index contributed by atoms with van der Waals surface area (Å²) >= 11 is 0. The molecular formula is C35H62O3Si. The van der Waals surface area contributed by atoms with Crippen molar-refractivity contribution in [2.75, 3.05) is 0 Å². The standard InChI is InChI=1S/C35H62O3Si/c1-23(2)17-14-18-24(3)19-15-20-25(4)21-16-22-35(11)33-32(36-33)29-28(7)30(26(5)27(6)31(29)37-35)38-39(12,13)34(8,9)10/h23-25,32-33H,14-22H2,1-13H3/t24-,25-,32-,33-,35-/m1/s1. The molecule has 0 unspecified atom stereocenters. The van der Waals surface area contributed by atoms with Crippen LogP contribution in [0.1, 0.15) is 142 Å². The Bertz CT molecular complexity index is 975. The van der Waals surface area contributed by atoms with Crippen molar-refractivity contribution in [2.24, 2.45) is 17.8 Å². The van der Waals surface area contributed by atoms with Crippen LogP contribution in [0, 0.1) is 38.5 Å². The van der Waals surface area contributed by atoms with E-state index in [1.54, 1.807) is 0 Å². The fraction of sp³-hybridized carbons (Fsp3) is 0.829. The SMILES string of the molecule is Cc1c(C)c2c(c(C)c1O[Si](C)(C)C(C)(C)C)[C@H]1O[C@H]1[C@@](C)(CCC[C@H](C)CCC[C@H](C)CCCC(C)C)O2. The van der Waals surface area contributed by atoms with Crippen LogP contribution in [0.4, 0.5) is 0 Å². The molecule has 3 nitrogen and oxygen atoms in total. The van der Waals surface area contributed by atoms with Crippen molar-refractivity contribution in [1.82, 2.24) is 0 Å². The number of epoxide rings is 1. The molecular weight excluding hydrogens is 496 g/mol. The van der Waals surface area contributed by atoms with E-state index in [-0.39, 0.29) is 22.8 Å². The molecule has 2 heterocycles. The molecule has 1 saturated heterocycles. The van der Waals surface area contributed by atoms with Crippen LogP contribution in [0.25, 0.3) is 0 Å². The molecule has 39 heavy (non-hydrogen) atoms. The normalized spacial score (nSPS) is 24.2. The Morgan fingerprint density at radius 1 is 0.821 bits per heavy atom. The predicted octanol–water partition coefficient (Wildman–Crippen LogP) is 11.0. The molecule has 0 spiro atoms. The first-order chi connectivity index (χ1) is 18.0. The van der Waals surface area contributed by atoms with Gasteiger partial charge in [-0.3, -0.25) is 0 Å². The monoisotopic (exact) mass is 558 g/mol. The van der Waals surface area contributed by atoms with Crippen LogP contribution >= 0.6 is 0 Å². The van der Waals surface area contributed by atoms with E-state index in [1.807, 2.05) is 0 Å². The zero-order valence-corrected chi connectivity index (χ0v) is 29.0. The van der Waals surface area contributed by atoms with Gasteiger partial charge in [-0.2, -0.15) is 0 Å². The lowest BCUT2D eigenvalue weighted by atomic mass is 9.83. The van der Waals surface area contributed by atoms with Crippen LogP contribution in [-0.2, 0) is 4.74 Å². The Balaban J connectivity index is 1.58. The molecule has 3 rings (SSSR count). The number of fused-ring (bicyclic) bond motifs is 3. The maximum Gasteiger partial charge on any atom is 0.250 e. The van der Waals surface area contributed by atoms with Gasteiger partial charge in [0.05, 0.1) is 0 Å². The Hall–Kier alpha value is -1.00. The van der Waals surface area contributed by atoms with Crippen LogP contribution in [0.2, 0.25) is 18.1 Å². The number of benzene rings is 1. The number of rotatable bonds is 14. The van der Waals surface area contributed by atoms with Crippen LogP contribution in [0.3, 0.4) is 0 Å². The average Bonchev–Trinajstić information content (AvgIpc) is 3.61. The Morgan fingerprint density at radius 2 is 1.36 bits per heavy atom. The second-order valence-corrected chi connectivity index (χ2v) is 20.3. The highest BCUT2D eigenvalue weighted by Crippen LogP contribution is 2.59. The molecule has 0 radical (unpaired) electrons. The minimum atomic E-state index is -1.95. The van der Waals surface area contributed by atoms with E-state index in [0.29, 0.717) is 0 Å². The van der Waals surface area contributed by atoms with Gasteiger partial charge in [-0.15, -0.1) is 0 Å². The second-order valence-electron chi connectivity index (χ2n) is 15.6. The Kier molecular flexibility index (Phi) is 10.4. The van der Waals surface area contributed by atoms with Gasteiger partial charge in [0.15, 0.2) is 0 Å². The van der Waals surface area contributed by atoms with E-state index in [1.165, 1.54) is 73.6 Å². The van der Waals surface area contributed by atoms with Crippen molar-refractivity contribution in [3.63, 3.8) is 0 Å². The van der Waals surface area contributed by atoms with Gasteiger partial charge in [0.1, 0.15) is 29.3 Å². The number of hydrogen-bond donors (Lipinski definition) is 0. The molecule has 224 valence electrons. The molecule has 0 bridgehead atoms. The lowest BCUT2D eigenvalue weighted by molar-refractivity contribution is 0.0407. The number of ether oxygens (including phenoxy) is 2. The first-order valence-electron chi connectivity index (χ1n) is 16.2. The van der Waals surface area contributed by atoms with Crippen molar-refractivity contribution >= 4 is 8.32 Å². The van der Waals surface area contributed by atoms with E-state index in [9.17, 15) is 0 Å². The molecule has 0 N–H and O–H groups in total. The van der Waals surface area contributed by atoms with Gasteiger partial charge < -0.3 is 13.9 Å². The minimum Gasteiger partial charge on any atom is -0.543 e. The van der Waals surface area contributed by atoms with Crippen molar-refractivity contribution in [1.29, 1.82) is 0 Å². The third-order valence-electron chi connectivity index (χ3n) is 10.4. The lowest BCUT2D eigenvalue weighted by Crippen LogP contribution is -2.44. The quantitative estimate of drug-likeness (QED) is 0.168. The highest BCUT2D eigenvalue weighted by Gasteiger charge is 2.60. The fourth-order valence-corrected chi connectivity index (χ4v) is 7.33. The summed E-state index contributed by atoms with van der Waals surface area (Å²) in [5, 5.41) is 0.159. The topological polar surface area (TPSA) is 31.0 Å². The third-order valence-corrected chi connectivity index (χ3v) is 14.7. The first kappa shape index (κ1) is 32.5. The van der Waals surface area contributed by atoms with Gasteiger partial charge in [0.25, 0.3) is 8.32 Å². The van der Waals surface area contributed by atoms with Gasteiger partial charge in [0, 0.05) is 5.56 Å². The van der Waals surface area contributed by atoms with Crippen LogP contribution in [0.5, 0.6) is 11.5 Å². The van der Waals surface area contributed by atoms with Gasteiger partial charge in [-0.05, 0) is 93.1 Å². The molecule has 4 heteroatoms. The molecule has 1 aromatic carbocycles. The van der Waals surface area contributed by atoms with E-state index >= 15 is 0 Å². The molecule has 0 aliphatic carbocycles. The van der Waals surface area contributed by atoms with E-state index in [0.717, 1.165) is 35.7 Å². The summed E-state index contributed by atoms with van der Waals surface area (Å²) in [5.74, 6) is 4.63. The molecule has 2 aliphatic heterocycles. The third kappa shape index (κ3) is 7.64. The Morgan fingerprint density at radius 3 is 1.90 bits per heavy atom. The summed E-state index contributed by atoms with van der Waals surface area (Å²) in [6, 6.07) is 0. The predicted molar refractivity (Wildman–Crippen MR) is 170 cm³/mol. The van der Waals surface area contributed by atoms with Gasteiger partial charge >= 0.3 is 0 Å². The minimum absolute atomic E-state index is 0.148. The summed E-state index contributed by atoms with van der Waals surface area (Å²) in [5.41, 5.74) is 4.67. The van der Waals surface area contributed by atoms with Crippen LogP contribution in [-0.4, -0.2) is 20.0 Å². The van der Waals surface area contributed by atoms with Crippen molar-refractivity contribution in [3.05, 3.63) is 22.3 Å². The van der Waals surface area contributed by atoms with Gasteiger partial charge in [0.2, 0.25) is 0 Å².